The molecule has 0 unspecified atom stereocenters. The fourth-order valence-corrected chi connectivity index (χ4v) is 0.957. The lowest BCUT2D eigenvalue weighted by Crippen LogP contribution is -2.16. The Kier molecular flexibility index (Phi) is 4.88. The van der Waals surface area contributed by atoms with E-state index in [0.29, 0.717) is 19.3 Å². The number of halogens is 4. The van der Waals surface area contributed by atoms with Gasteiger partial charge >= 0.3 is 0 Å². The summed E-state index contributed by atoms with van der Waals surface area (Å²) in [5, 5.41) is 0. The molecule has 0 heterocycles. The van der Waals surface area contributed by atoms with Gasteiger partial charge in [0.05, 0.1) is 0 Å². The molecule has 0 amide bonds. The van der Waals surface area contributed by atoms with Crippen LogP contribution in [0.15, 0.2) is 0 Å². The SMILES string of the molecule is CCC(Cl)(Cl)CCC(C)(Cl)Cl. The minimum absolute atomic E-state index is 0.608. The van der Waals surface area contributed by atoms with Crippen LogP contribution in [0.1, 0.15) is 33.1 Å². The molecule has 0 saturated heterocycles. The second-order valence-corrected chi connectivity index (χ2v) is 6.28. The number of alkyl halides is 4. The quantitative estimate of drug-likeness (QED) is 0.630. The zero-order valence-corrected chi connectivity index (χ0v) is 9.66. The molecule has 0 aromatic heterocycles. The lowest BCUT2D eigenvalue weighted by molar-refractivity contribution is 0.603. The summed E-state index contributed by atoms with van der Waals surface area (Å²) in [6.45, 7) is 3.66. The Hall–Kier alpha value is 1.16. The first-order chi connectivity index (χ1) is 4.77. The Bertz CT molecular complexity index is 114. The van der Waals surface area contributed by atoms with E-state index < -0.39 is 8.67 Å². The van der Waals surface area contributed by atoms with Gasteiger partial charge in [0.1, 0.15) is 8.67 Å². The highest BCUT2D eigenvalue weighted by Gasteiger charge is 2.26. The van der Waals surface area contributed by atoms with Gasteiger partial charge in [0.25, 0.3) is 0 Å². The highest BCUT2D eigenvalue weighted by Crippen LogP contribution is 2.36. The molecule has 0 rings (SSSR count). The summed E-state index contributed by atoms with van der Waals surface area (Å²) in [5.74, 6) is 0. The molecular weight excluding hydrogens is 226 g/mol. The first-order valence-electron chi connectivity index (χ1n) is 3.52. The van der Waals surface area contributed by atoms with Gasteiger partial charge < -0.3 is 0 Å². The van der Waals surface area contributed by atoms with Crippen molar-refractivity contribution in [2.45, 2.75) is 41.8 Å². The summed E-state index contributed by atoms with van der Waals surface area (Å²) in [4.78, 5) is 0. The standard InChI is InChI=1S/C7H12Cl4/c1-3-7(10,11)5-4-6(2,8)9/h3-5H2,1-2H3. The third-order valence-corrected chi connectivity index (χ3v) is 2.74. The van der Waals surface area contributed by atoms with Crippen LogP contribution in [0, 0.1) is 0 Å². The molecule has 0 spiro atoms. The van der Waals surface area contributed by atoms with Gasteiger partial charge in [-0.2, -0.15) is 0 Å². The van der Waals surface area contributed by atoms with Gasteiger partial charge in [-0.3, -0.25) is 0 Å². The Morgan fingerprint density at radius 1 is 1.00 bits per heavy atom. The third-order valence-electron chi connectivity index (χ3n) is 1.45. The Balaban J connectivity index is 3.70. The molecule has 0 fully saturated rings. The van der Waals surface area contributed by atoms with E-state index >= 15 is 0 Å². The fourth-order valence-electron chi connectivity index (χ4n) is 0.579. The van der Waals surface area contributed by atoms with Crippen LogP contribution in [0.3, 0.4) is 0 Å². The van der Waals surface area contributed by atoms with E-state index in [1.807, 2.05) is 6.92 Å². The zero-order chi connectivity index (χ0) is 9.12. The summed E-state index contributed by atoms with van der Waals surface area (Å²) >= 11 is 23.2. The monoisotopic (exact) mass is 236 g/mol. The predicted molar refractivity (Wildman–Crippen MR) is 54.1 cm³/mol. The molecule has 0 atom stereocenters. The van der Waals surface area contributed by atoms with Crippen LogP contribution in [-0.4, -0.2) is 8.67 Å². The van der Waals surface area contributed by atoms with Crippen LogP contribution in [-0.2, 0) is 0 Å². The fraction of sp³-hybridized carbons (Fsp3) is 1.00. The minimum atomic E-state index is -0.718. The van der Waals surface area contributed by atoms with E-state index in [0.717, 1.165) is 0 Å². The molecule has 0 bridgehead atoms. The van der Waals surface area contributed by atoms with Crippen molar-refractivity contribution < 1.29 is 0 Å². The van der Waals surface area contributed by atoms with E-state index in [1.165, 1.54) is 0 Å². The van der Waals surface area contributed by atoms with Crippen LogP contribution in [0.25, 0.3) is 0 Å². The van der Waals surface area contributed by atoms with Crippen molar-refractivity contribution in [1.82, 2.24) is 0 Å². The Labute approximate surface area is 88.1 Å². The number of hydrogen-bond donors (Lipinski definition) is 0. The molecule has 0 aliphatic heterocycles. The van der Waals surface area contributed by atoms with E-state index in [1.54, 1.807) is 6.92 Å². The molecule has 0 aliphatic carbocycles. The van der Waals surface area contributed by atoms with Crippen LogP contribution in [0.2, 0.25) is 0 Å². The summed E-state index contributed by atoms with van der Waals surface area (Å²) in [6, 6.07) is 0. The van der Waals surface area contributed by atoms with Crippen molar-refractivity contribution >= 4 is 46.4 Å². The summed E-state index contributed by atoms with van der Waals surface area (Å²) in [6.07, 6.45) is 1.94. The van der Waals surface area contributed by atoms with Gasteiger partial charge in [0.15, 0.2) is 0 Å². The maximum Gasteiger partial charge on any atom is 0.118 e. The molecule has 68 valence electrons. The maximum atomic E-state index is 5.87. The Morgan fingerprint density at radius 2 is 1.45 bits per heavy atom. The topological polar surface area (TPSA) is 0 Å². The Morgan fingerprint density at radius 3 is 1.73 bits per heavy atom. The van der Waals surface area contributed by atoms with Gasteiger partial charge in [-0.05, 0) is 26.2 Å². The molecule has 0 nitrogen and oxygen atoms in total. The van der Waals surface area contributed by atoms with Crippen LogP contribution in [0.4, 0.5) is 0 Å². The number of hydrogen-bond acceptors (Lipinski definition) is 0. The van der Waals surface area contributed by atoms with Gasteiger partial charge in [0, 0.05) is 0 Å². The lowest BCUT2D eigenvalue weighted by atomic mass is 10.1. The summed E-state index contributed by atoms with van der Waals surface area (Å²) in [5.41, 5.74) is 0. The second kappa shape index (κ2) is 4.41. The molecule has 0 aromatic carbocycles. The first-order valence-corrected chi connectivity index (χ1v) is 5.04. The molecule has 0 aromatic rings. The summed E-state index contributed by atoms with van der Waals surface area (Å²) in [7, 11) is 0. The van der Waals surface area contributed by atoms with Gasteiger partial charge in [-0.15, -0.1) is 46.4 Å². The first kappa shape index (κ1) is 12.2. The van der Waals surface area contributed by atoms with Crippen molar-refractivity contribution in [3.8, 4) is 0 Å². The zero-order valence-electron chi connectivity index (χ0n) is 6.63. The number of rotatable bonds is 4. The molecule has 0 N–H and O–H groups in total. The van der Waals surface area contributed by atoms with Crippen molar-refractivity contribution in [1.29, 1.82) is 0 Å². The normalized spacial score (nSPS) is 13.6. The average Bonchev–Trinajstić information content (AvgIpc) is 1.83. The second-order valence-electron chi connectivity index (χ2n) is 2.78. The molecule has 0 aliphatic rings. The van der Waals surface area contributed by atoms with E-state index in [4.69, 9.17) is 46.4 Å². The van der Waals surface area contributed by atoms with E-state index in [9.17, 15) is 0 Å². The molecule has 11 heavy (non-hydrogen) atoms. The molecule has 4 heteroatoms. The van der Waals surface area contributed by atoms with Gasteiger partial charge in [-0.25, -0.2) is 0 Å². The predicted octanol–water partition coefficient (Wildman–Crippen LogP) is 4.54. The van der Waals surface area contributed by atoms with Crippen LogP contribution in [0.5, 0.6) is 0 Å². The van der Waals surface area contributed by atoms with Gasteiger partial charge in [-0.1, -0.05) is 6.92 Å². The molecule has 0 radical (unpaired) electrons. The van der Waals surface area contributed by atoms with Crippen molar-refractivity contribution in [2.75, 3.05) is 0 Å². The minimum Gasteiger partial charge on any atom is -0.102 e. The smallest absolute Gasteiger partial charge is 0.102 e. The summed E-state index contributed by atoms with van der Waals surface area (Å²) < 4.78 is -1.39. The van der Waals surface area contributed by atoms with Crippen LogP contribution < -0.4 is 0 Å². The average molecular weight is 238 g/mol. The highest BCUT2D eigenvalue weighted by molar-refractivity contribution is 6.49. The largest absolute Gasteiger partial charge is 0.118 e. The van der Waals surface area contributed by atoms with Crippen LogP contribution >= 0.6 is 46.4 Å². The van der Waals surface area contributed by atoms with Crippen molar-refractivity contribution in [3.05, 3.63) is 0 Å². The van der Waals surface area contributed by atoms with E-state index in [-0.39, 0.29) is 0 Å². The van der Waals surface area contributed by atoms with Gasteiger partial charge in [0.2, 0.25) is 0 Å². The lowest BCUT2D eigenvalue weighted by Gasteiger charge is -2.20. The highest BCUT2D eigenvalue weighted by atomic mass is 35.5. The maximum absolute atomic E-state index is 5.87. The third kappa shape index (κ3) is 7.52. The molecule has 0 saturated carbocycles. The van der Waals surface area contributed by atoms with Crippen molar-refractivity contribution in [2.24, 2.45) is 0 Å². The van der Waals surface area contributed by atoms with E-state index in [2.05, 4.69) is 0 Å². The molecular formula is C7H12Cl4. The van der Waals surface area contributed by atoms with Crippen molar-refractivity contribution in [3.63, 3.8) is 0 Å².